The highest BCUT2D eigenvalue weighted by atomic mass is 16.7. The van der Waals surface area contributed by atoms with Crippen molar-refractivity contribution in [1.29, 1.82) is 0 Å². The van der Waals surface area contributed by atoms with Crippen LogP contribution in [0.15, 0.2) is 72.8 Å². The van der Waals surface area contributed by atoms with Gasteiger partial charge in [-0.1, -0.05) is 72.8 Å². The number of hydrogen-bond acceptors (Lipinski definition) is 4. The van der Waals surface area contributed by atoms with Crippen LogP contribution in [-0.4, -0.2) is 36.6 Å². The molecule has 1 spiro atoms. The molecular formula is C35H40B2O4. The third kappa shape index (κ3) is 4.06. The molecule has 0 unspecified atom stereocenters. The molecule has 41 heavy (non-hydrogen) atoms. The topological polar surface area (TPSA) is 36.9 Å². The van der Waals surface area contributed by atoms with Crippen LogP contribution < -0.4 is 10.9 Å². The molecule has 0 bridgehead atoms. The van der Waals surface area contributed by atoms with E-state index in [1.807, 2.05) is 0 Å². The van der Waals surface area contributed by atoms with Crippen LogP contribution in [0.4, 0.5) is 0 Å². The van der Waals surface area contributed by atoms with Crippen molar-refractivity contribution in [3.8, 4) is 0 Å². The molecule has 2 aliphatic carbocycles. The Morgan fingerprint density at radius 1 is 0.537 bits per heavy atom. The summed E-state index contributed by atoms with van der Waals surface area (Å²) in [7, 11) is -0.795. The smallest absolute Gasteiger partial charge is 0.399 e. The molecule has 0 aromatic heterocycles. The summed E-state index contributed by atoms with van der Waals surface area (Å²) in [6, 6.07) is 26.6. The van der Waals surface area contributed by atoms with Gasteiger partial charge in [0.05, 0.1) is 22.4 Å². The molecule has 6 heteroatoms. The minimum Gasteiger partial charge on any atom is -0.399 e. The third-order valence-corrected chi connectivity index (χ3v) is 10.6. The monoisotopic (exact) mass is 546 g/mol. The van der Waals surface area contributed by atoms with Crippen LogP contribution in [0.3, 0.4) is 0 Å². The molecule has 210 valence electrons. The van der Waals surface area contributed by atoms with Crippen LogP contribution in [0.5, 0.6) is 0 Å². The summed E-state index contributed by atoms with van der Waals surface area (Å²) in [4.78, 5) is 0. The summed E-state index contributed by atoms with van der Waals surface area (Å²) in [5.41, 5.74) is 8.53. The summed E-state index contributed by atoms with van der Waals surface area (Å²) in [6.07, 6.45) is 2.31. The largest absolute Gasteiger partial charge is 0.494 e. The molecule has 3 aromatic carbocycles. The fourth-order valence-electron chi connectivity index (χ4n) is 6.63. The van der Waals surface area contributed by atoms with Crippen molar-refractivity contribution in [2.75, 3.05) is 0 Å². The Morgan fingerprint density at radius 3 is 1.51 bits per heavy atom. The van der Waals surface area contributed by atoms with Gasteiger partial charge in [0.25, 0.3) is 0 Å². The van der Waals surface area contributed by atoms with Crippen molar-refractivity contribution in [2.45, 2.75) is 96.1 Å². The SMILES string of the molecule is CC1(C)OB(c2cccc(C3=C(c4cccc(B5OC(C)(C)C(C)(C)O5)c4)C4(CC4)c4ccccc43)c2)OC1(C)C. The van der Waals surface area contributed by atoms with E-state index >= 15 is 0 Å². The average molecular weight is 546 g/mol. The van der Waals surface area contributed by atoms with Gasteiger partial charge < -0.3 is 18.6 Å². The van der Waals surface area contributed by atoms with Gasteiger partial charge in [0, 0.05) is 5.41 Å². The van der Waals surface area contributed by atoms with Crippen molar-refractivity contribution in [3.63, 3.8) is 0 Å². The number of benzene rings is 3. The maximum Gasteiger partial charge on any atom is 0.494 e. The van der Waals surface area contributed by atoms with Gasteiger partial charge in [-0.25, -0.2) is 0 Å². The first-order valence-corrected chi connectivity index (χ1v) is 15.0. The summed E-state index contributed by atoms with van der Waals surface area (Å²) in [6.45, 7) is 16.9. The molecule has 4 aliphatic rings. The van der Waals surface area contributed by atoms with E-state index in [9.17, 15) is 0 Å². The minimum atomic E-state index is -0.401. The first-order valence-electron chi connectivity index (χ1n) is 15.0. The minimum absolute atomic E-state index is 0.0425. The van der Waals surface area contributed by atoms with Crippen molar-refractivity contribution in [3.05, 3.63) is 95.1 Å². The quantitative estimate of drug-likeness (QED) is 0.361. The molecule has 3 fully saturated rings. The third-order valence-electron chi connectivity index (χ3n) is 10.6. The van der Waals surface area contributed by atoms with E-state index in [4.69, 9.17) is 18.6 Å². The summed E-state index contributed by atoms with van der Waals surface area (Å²) in [5.74, 6) is 0. The molecule has 0 atom stereocenters. The van der Waals surface area contributed by atoms with Gasteiger partial charge in [0.2, 0.25) is 0 Å². The van der Waals surface area contributed by atoms with E-state index < -0.39 is 14.2 Å². The highest BCUT2D eigenvalue weighted by Gasteiger charge is 2.56. The van der Waals surface area contributed by atoms with Crippen molar-refractivity contribution in [2.24, 2.45) is 0 Å². The molecule has 1 saturated carbocycles. The molecule has 4 nitrogen and oxygen atoms in total. The van der Waals surface area contributed by atoms with Crippen molar-refractivity contribution < 1.29 is 18.6 Å². The Labute approximate surface area is 245 Å². The van der Waals surface area contributed by atoms with E-state index in [0.29, 0.717) is 0 Å². The van der Waals surface area contributed by atoms with Crippen LogP contribution in [0.2, 0.25) is 0 Å². The maximum atomic E-state index is 6.45. The Kier molecular flexibility index (Phi) is 5.78. The van der Waals surface area contributed by atoms with E-state index in [1.165, 1.54) is 33.4 Å². The predicted molar refractivity (Wildman–Crippen MR) is 168 cm³/mol. The highest BCUT2D eigenvalue weighted by molar-refractivity contribution is 6.62. The number of allylic oxidation sites excluding steroid dienone is 1. The number of rotatable bonds is 4. The molecule has 3 aromatic rings. The van der Waals surface area contributed by atoms with Gasteiger partial charge in [-0.05, 0) is 113 Å². The molecule has 2 heterocycles. The molecular weight excluding hydrogens is 506 g/mol. The highest BCUT2D eigenvalue weighted by Crippen LogP contribution is 2.65. The van der Waals surface area contributed by atoms with E-state index in [-0.39, 0.29) is 27.8 Å². The Bertz CT molecular complexity index is 1550. The van der Waals surface area contributed by atoms with Gasteiger partial charge in [0.15, 0.2) is 0 Å². The molecule has 2 aliphatic heterocycles. The summed E-state index contributed by atoms with van der Waals surface area (Å²) >= 11 is 0. The first-order chi connectivity index (χ1) is 19.2. The van der Waals surface area contributed by atoms with Crippen LogP contribution in [0.1, 0.15) is 90.5 Å². The molecule has 7 rings (SSSR count). The van der Waals surface area contributed by atoms with Crippen LogP contribution in [0, 0.1) is 0 Å². The lowest BCUT2D eigenvalue weighted by atomic mass is 9.75. The summed E-state index contributed by atoms with van der Waals surface area (Å²) < 4.78 is 25.8. The van der Waals surface area contributed by atoms with Gasteiger partial charge in [-0.15, -0.1) is 0 Å². The second kappa shape index (κ2) is 8.70. The normalized spacial score (nSPS) is 24.3. The number of hydrogen-bond donors (Lipinski definition) is 0. The second-order valence-corrected chi connectivity index (χ2v) is 14.3. The molecule has 0 radical (unpaired) electrons. The van der Waals surface area contributed by atoms with Crippen LogP contribution in [-0.2, 0) is 24.0 Å². The van der Waals surface area contributed by atoms with Crippen molar-refractivity contribution in [1.82, 2.24) is 0 Å². The van der Waals surface area contributed by atoms with E-state index in [1.54, 1.807) is 0 Å². The molecule has 0 amide bonds. The summed E-state index contributed by atoms with van der Waals surface area (Å²) in [5, 5.41) is 0. The predicted octanol–water partition coefficient (Wildman–Crippen LogP) is 6.29. The van der Waals surface area contributed by atoms with Gasteiger partial charge in [0.1, 0.15) is 0 Å². The van der Waals surface area contributed by atoms with Crippen LogP contribution >= 0.6 is 0 Å². The fraction of sp³-hybridized carbons (Fsp3) is 0.429. The standard InChI is InChI=1S/C35H40B2O4/c1-31(2)32(3,4)39-36(38-31)25-15-11-13-23(21-25)29-27-17-9-10-18-28(27)35(19-20-35)30(29)24-14-12-16-26(22-24)37-40-33(5,6)34(7,8)41-37/h9-18,21-22H,19-20H2,1-8H3. The van der Waals surface area contributed by atoms with Gasteiger partial charge in [-0.3, -0.25) is 0 Å². The van der Waals surface area contributed by atoms with E-state index in [0.717, 1.165) is 23.8 Å². The average Bonchev–Trinajstić information content (AvgIpc) is 3.54. The van der Waals surface area contributed by atoms with Crippen molar-refractivity contribution >= 4 is 36.3 Å². The zero-order valence-corrected chi connectivity index (χ0v) is 25.6. The fourth-order valence-corrected chi connectivity index (χ4v) is 6.63. The Morgan fingerprint density at radius 2 is 1.00 bits per heavy atom. The zero-order chi connectivity index (χ0) is 29.0. The van der Waals surface area contributed by atoms with Crippen LogP contribution in [0.25, 0.3) is 11.1 Å². The Balaban J connectivity index is 1.35. The second-order valence-electron chi connectivity index (χ2n) is 14.3. The lowest BCUT2D eigenvalue weighted by Gasteiger charge is -2.32. The molecule has 2 saturated heterocycles. The lowest BCUT2D eigenvalue weighted by Crippen LogP contribution is -2.41. The van der Waals surface area contributed by atoms with Gasteiger partial charge in [-0.2, -0.15) is 0 Å². The Hall–Kier alpha value is -2.63. The van der Waals surface area contributed by atoms with Gasteiger partial charge >= 0.3 is 14.2 Å². The van der Waals surface area contributed by atoms with E-state index in [2.05, 4.69) is 128 Å². The lowest BCUT2D eigenvalue weighted by molar-refractivity contribution is 0.00578. The molecule has 0 N–H and O–H groups in total. The zero-order valence-electron chi connectivity index (χ0n) is 25.6. The first kappa shape index (κ1) is 27.2. The number of fused-ring (bicyclic) bond motifs is 2. The maximum absolute atomic E-state index is 6.45.